The molecular formula is C21H23N3O6S. The van der Waals surface area contributed by atoms with E-state index in [1.54, 1.807) is 36.4 Å². The molecule has 2 aromatic rings. The van der Waals surface area contributed by atoms with Crippen molar-refractivity contribution >= 4 is 33.3 Å². The van der Waals surface area contributed by atoms with E-state index in [0.717, 1.165) is 11.8 Å². The smallest absolute Gasteiger partial charge is 0.303 e. The van der Waals surface area contributed by atoms with Gasteiger partial charge in [-0.2, -0.15) is 5.10 Å². The lowest BCUT2D eigenvalue weighted by Gasteiger charge is -2.23. The third-order valence-electron chi connectivity index (χ3n) is 4.75. The molecule has 0 aliphatic carbocycles. The average Bonchev–Trinajstić information content (AvgIpc) is 3.16. The summed E-state index contributed by atoms with van der Waals surface area (Å²) >= 11 is 0. The van der Waals surface area contributed by atoms with Crippen molar-refractivity contribution < 1.29 is 27.9 Å². The van der Waals surface area contributed by atoms with Gasteiger partial charge in [-0.15, -0.1) is 0 Å². The minimum Gasteiger partial charge on any atom is -0.496 e. The Kier molecular flexibility index (Phi) is 6.59. The maximum atomic E-state index is 12.8. The summed E-state index contributed by atoms with van der Waals surface area (Å²) in [5.41, 5.74) is 2.12. The van der Waals surface area contributed by atoms with Crippen LogP contribution in [0.4, 0.5) is 5.69 Å². The first-order chi connectivity index (χ1) is 14.7. The maximum Gasteiger partial charge on any atom is 0.303 e. The van der Waals surface area contributed by atoms with E-state index in [0.29, 0.717) is 29.1 Å². The van der Waals surface area contributed by atoms with E-state index in [1.165, 1.54) is 12.1 Å². The zero-order valence-corrected chi connectivity index (χ0v) is 17.9. The fraction of sp³-hybridized carbons (Fsp3) is 0.286. The molecule has 0 saturated carbocycles. The van der Waals surface area contributed by atoms with Crippen LogP contribution in [-0.2, 0) is 19.6 Å². The molecule has 1 heterocycles. The molecule has 3 rings (SSSR count). The predicted octanol–water partition coefficient (Wildman–Crippen LogP) is 2.61. The Hall–Kier alpha value is -3.40. The van der Waals surface area contributed by atoms with Crippen LogP contribution in [0, 0.1) is 0 Å². The number of hydrogen-bond donors (Lipinski definition) is 2. The van der Waals surface area contributed by atoms with Gasteiger partial charge in [0.2, 0.25) is 15.9 Å². The monoisotopic (exact) mass is 445 g/mol. The highest BCUT2D eigenvalue weighted by Crippen LogP contribution is 2.38. The number of methoxy groups -OCH3 is 1. The molecule has 10 heteroatoms. The van der Waals surface area contributed by atoms with Gasteiger partial charge in [-0.25, -0.2) is 13.4 Å². The summed E-state index contributed by atoms with van der Waals surface area (Å²) in [6.07, 6.45) is 0.841. The van der Waals surface area contributed by atoms with E-state index in [4.69, 9.17) is 9.84 Å². The van der Waals surface area contributed by atoms with E-state index >= 15 is 0 Å². The average molecular weight is 445 g/mol. The molecule has 0 radical (unpaired) electrons. The number of nitrogens with one attached hydrogen (secondary N) is 1. The Morgan fingerprint density at radius 2 is 1.84 bits per heavy atom. The van der Waals surface area contributed by atoms with Crippen LogP contribution in [0.2, 0.25) is 0 Å². The number of nitrogens with zero attached hydrogens (tertiary/aromatic N) is 2. The number of ether oxygens (including phenoxy) is 1. The van der Waals surface area contributed by atoms with Crippen molar-refractivity contribution in [1.29, 1.82) is 0 Å². The third-order valence-corrected chi connectivity index (χ3v) is 5.34. The van der Waals surface area contributed by atoms with Gasteiger partial charge in [-0.05, 0) is 12.1 Å². The number of rotatable bonds is 8. The zero-order chi connectivity index (χ0) is 22.6. The van der Waals surface area contributed by atoms with Crippen LogP contribution in [0.3, 0.4) is 0 Å². The summed E-state index contributed by atoms with van der Waals surface area (Å²) in [4.78, 5) is 23.8. The Morgan fingerprint density at radius 1 is 1.16 bits per heavy atom. The van der Waals surface area contributed by atoms with Gasteiger partial charge in [-0.3, -0.25) is 14.3 Å². The number of carbonyl (C=O) groups excluding carboxylic acids is 1. The van der Waals surface area contributed by atoms with Gasteiger partial charge in [0.05, 0.1) is 37.2 Å². The standard InChI is InChI=1S/C21H23N3O6S/c1-30-19-10-6-4-8-15(19)18-13-17(22-24(18)20(25)11-12-21(26)27)14-7-3-5-9-16(14)23-31(2,28)29/h3-10,18,23H,11-13H2,1-2H3,(H,26,27)/t18-/m0/s1. The van der Waals surface area contributed by atoms with Gasteiger partial charge in [-0.1, -0.05) is 36.4 Å². The van der Waals surface area contributed by atoms with E-state index in [1.807, 2.05) is 12.1 Å². The predicted molar refractivity (Wildman–Crippen MR) is 116 cm³/mol. The first kappa shape index (κ1) is 22.3. The lowest BCUT2D eigenvalue weighted by Crippen LogP contribution is -2.27. The number of sulfonamides is 1. The molecular weight excluding hydrogens is 422 g/mol. The summed E-state index contributed by atoms with van der Waals surface area (Å²) in [5, 5.41) is 14.7. The fourth-order valence-corrected chi connectivity index (χ4v) is 4.02. The SMILES string of the molecule is COc1ccccc1[C@@H]1CC(c2ccccc2NS(C)(=O)=O)=NN1C(=O)CCC(=O)O. The first-order valence-electron chi connectivity index (χ1n) is 9.51. The van der Waals surface area contributed by atoms with Crippen molar-refractivity contribution in [2.24, 2.45) is 5.10 Å². The van der Waals surface area contributed by atoms with Crippen molar-refractivity contribution in [2.75, 3.05) is 18.1 Å². The van der Waals surface area contributed by atoms with Crippen molar-refractivity contribution in [2.45, 2.75) is 25.3 Å². The van der Waals surface area contributed by atoms with E-state index in [9.17, 15) is 18.0 Å². The molecule has 1 atom stereocenters. The molecule has 0 spiro atoms. The number of hydrazone groups is 1. The molecule has 1 aliphatic rings. The van der Waals surface area contributed by atoms with Crippen molar-refractivity contribution in [3.8, 4) is 5.75 Å². The number of anilines is 1. The van der Waals surface area contributed by atoms with Crippen LogP contribution in [-0.4, -0.2) is 49.5 Å². The zero-order valence-electron chi connectivity index (χ0n) is 17.1. The molecule has 0 fully saturated rings. The van der Waals surface area contributed by atoms with Gasteiger partial charge < -0.3 is 9.84 Å². The second-order valence-corrected chi connectivity index (χ2v) is 8.81. The van der Waals surface area contributed by atoms with Gasteiger partial charge in [0.25, 0.3) is 0 Å². The summed E-state index contributed by atoms with van der Waals surface area (Å²) in [5.74, 6) is -0.947. The molecule has 0 saturated heterocycles. The molecule has 31 heavy (non-hydrogen) atoms. The van der Waals surface area contributed by atoms with E-state index in [2.05, 4.69) is 9.82 Å². The molecule has 1 aliphatic heterocycles. The largest absolute Gasteiger partial charge is 0.496 e. The third kappa shape index (κ3) is 5.40. The fourth-order valence-electron chi connectivity index (χ4n) is 3.44. The Balaban J connectivity index is 2.02. The summed E-state index contributed by atoms with van der Waals surface area (Å²) in [6, 6.07) is 13.5. The number of carbonyl (C=O) groups is 2. The highest BCUT2D eigenvalue weighted by Gasteiger charge is 2.35. The first-order valence-corrected chi connectivity index (χ1v) is 11.4. The van der Waals surface area contributed by atoms with Crippen molar-refractivity contribution in [3.05, 3.63) is 59.7 Å². The Bertz CT molecular complexity index is 1130. The van der Waals surface area contributed by atoms with Crippen molar-refractivity contribution in [3.63, 3.8) is 0 Å². The van der Waals surface area contributed by atoms with Crippen LogP contribution in [0.5, 0.6) is 5.75 Å². The van der Waals surface area contributed by atoms with Crippen molar-refractivity contribution in [1.82, 2.24) is 5.01 Å². The van der Waals surface area contributed by atoms with Crippen LogP contribution < -0.4 is 9.46 Å². The lowest BCUT2D eigenvalue weighted by atomic mass is 9.97. The molecule has 1 amide bonds. The van der Waals surface area contributed by atoms with Crippen LogP contribution >= 0.6 is 0 Å². The molecule has 9 nitrogen and oxygen atoms in total. The molecule has 0 bridgehead atoms. The van der Waals surface area contributed by atoms with Gasteiger partial charge in [0.15, 0.2) is 0 Å². The topological polar surface area (TPSA) is 125 Å². The normalized spacial score (nSPS) is 16.0. The second kappa shape index (κ2) is 9.17. The molecule has 2 N–H and O–H groups in total. The summed E-state index contributed by atoms with van der Waals surface area (Å²) < 4.78 is 31.5. The molecule has 0 unspecified atom stereocenters. The lowest BCUT2D eigenvalue weighted by molar-refractivity contribution is -0.141. The number of carboxylic acid groups (broad SMARTS) is 1. The highest BCUT2D eigenvalue weighted by atomic mass is 32.2. The van der Waals surface area contributed by atoms with Gasteiger partial charge in [0.1, 0.15) is 5.75 Å². The number of benzene rings is 2. The minimum atomic E-state index is -3.52. The molecule has 2 aromatic carbocycles. The number of para-hydroxylation sites is 2. The maximum absolute atomic E-state index is 12.8. The summed E-state index contributed by atoms with van der Waals surface area (Å²) in [6.45, 7) is 0. The second-order valence-electron chi connectivity index (χ2n) is 7.06. The number of amides is 1. The van der Waals surface area contributed by atoms with Crippen LogP contribution in [0.1, 0.15) is 36.4 Å². The quantitative estimate of drug-likeness (QED) is 0.643. The van der Waals surface area contributed by atoms with Crippen LogP contribution in [0.15, 0.2) is 53.6 Å². The Labute approximate surface area is 180 Å². The summed E-state index contributed by atoms with van der Waals surface area (Å²) in [7, 11) is -2.00. The number of carboxylic acids is 1. The molecule has 164 valence electrons. The van der Waals surface area contributed by atoms with Crippen LogP contribution in [0.25, 0.3) is 0 Å². The van der Waals surface area contributed by atoms with E-state index < -0.39 is 27.9 Å². The Morgan fingerprint density at radius 3 is 2.52 bits per heavy atom. The van der Waals surface area contributed by atoms with Gasteiger partial charge in [0, 0.05) is 24.0 Å². The number of hydrogen-bond acceptors (Lipinski definition) is 6. The van der Waals surface area contributed by atoms with E-state index in [-0.39, 0.29) is 12.8 Å². The highest BCUT2D eigenvalue weighted by molar-refractivity contribution is 7.92. The molecule has 0 aromatic heterocycles. The minimum absolute atomic E-state index is 0.207. The number of aliphatic carboxylic acids is 1. The van der Waals surface area contributed by atoms with Gasteiger partial charge >= 0.3 is 5.97 Å².